The molecule has 0 N–H and O–H groups in total. The normalized spacial score (nSPS) is 12.4. The third-order valence-corrected chi connectivity index (χ3v) is 3.54. The van der Waals surface area contributed by atoms with Gasteiger partial charge in [0, 0.05) is 33.7 Å². The Hall–Kier alpha value is -0.930. The fourth-order valence-electron chi connectivity index (χ4n) is 1.61. The number of hydrogen-bond acceptors (Lipinski definition) is 1. The van der Waals surface area contributed by atoms with Crippen molar-refractivity contribution in [1.82, 2.24) is 4.98 Å². The molecule has 0 saturated carbocycles. The van der Waals surface area contributed by atoms with E-state index in [0.29, 0.717) is 17.0 Å². The number of pyridine rings is 1. The van der Waals surface area contributed by atoms with Gasteiger partial charge in [-0.2, -0.15) is 0 Å². The van der Waals surface area contributed by atoms with Crippen LogP contribution in [0, 0.1) is 5.82 Å². The second kappa shape index (κ2) is 5.61. The highest BCUT2D eigenvalue weighted by Gasteiger charge is 2.16. The molecule has 1 aromatic heterocycles. The van der Waals surface area contributed by atoms with E-state index in [2.05, 4.69) is 20.9 Å². The maximum absolute atomic E-state index is 13.7. The van der Waals surface area contributed by atoms with Crippen molar-refractivity contribution < 1.29 is 4.39 Å². The van der Waals surface area contributed by atoms with E-state index >= 15 is 0 Å². The Morgan fingerprint density at radius 2 is 2.06 bits per heavy atom. The number of rotatable bonds is 3. The van der Waals surface area contributed by atoms with Crippen LogP contribution in [-0.4, -0.2) is 4.98 Å². The molecule has 2 aromatic rings. The van der Waals surface area contributed by atoms with Crippen LogP contribution in [0.25, 0.3) is 0 Å². The predicted octanol–water partition coefficient (Wildman–Crippen LogP) is 4.55. The van der Waals surface area contributed by atoms with Crippen molar-refractivity contribution >= 4 is 27.5 Å². The zero-order valence-electron chi connectivity index (χ0n) is 8.91. The van der Waals surface area contributed by atoms with Crippen LogP contribution in [-0.2, 0) is 6.42 Å². The second-order valence-corrected chi connectivity index (χ2v) is 5.14. The molecule has 0 saturated heterocycles. The molecule has 1 atom stereocenters. The smallest absolute Gasteiger partial charge is 0.129 e. The van der Waals surface area contributed by atoms with E-state index < -0.39 is 0 Å². The fraction of sp³-hybridized carbons (Fsp3) is 0.154. The van der Waals surface area contributed by atoms with E-state index in [1.54, 1.807) is 18.3 Å². The largest absolute Gasteiger partial charge is 0.261 e. The van der Waals surface area contributed by atoms with Gasteiger partial charge in [0.05, 0.1) is 0 Å². The molecular formula is C13H10BrClFN. The molecule has 17 heavy (non-hydrogen) atoms. The zero-order chi connectivity index (χ0) is 12.3. The molecular weight excluding hydrogens is 305 g/mol. The van der Waals surface area contributed by atoms with Crippen LogP contribution in [0.1, 0.15) is 16.1 Å². The first-order valence-electron chi connectivity index (χ1n) is 5.16. The van der Waals surface area contributed by atoms with Gasteiger partial charge in [-0.1, -0.05) is 39.7 Å². The number of nitrogens with zero attached hydrogens (tertiary/aromatic N) is 1. The third kappa shape index (κ3) is 3.05. The third-order valence-electron chi connectivity index (χ3n) is 2.43. The Bertz CT molecular complexity index is 484. The Balaban J connectivity index is 2.23. The summed E-state index contributed by atoms with van der Waals surface area (Å²) in [5.74, 6) is -0.296. The minimum Gasteiger partial charge on any atom is -0.261 e. The molecule has 1 aromatic carbocycles. The van der Waals surface area contributed by atoms with Crippen molar-refractivity contribution in [3.05, 3.63) is 64.7 Å². The Morgan fingerprint density at radius 1 is 1.24 bits per heavy atom. The quantitative estimate of drug-likeness (QED) is 0.757. The van der Waals surface area contributed by atoms with Gasteiger partial charge in [-0.3, -0.25) is 4.98 Å². The molecule has 88 valence electrons. The summed E-state index contributed by atoms with van der Waals surface area (Å²) >= 11 is 9.46. The van der Waals surface area contributed by atoms with Crippen molar-refractivity contribution in [3.63, 3.8) is 0 Å². The van der Waals surface area contributed by atoms with Gasteiger partial charge in [0.2, 0.25) is 0 Å². The lowest BCUT2D eigenvalue weighted by atomic mass is 10.1. The summed E-state index contributed by atoms with van der Waals surface area (Å²) in [5, 5.41) is 0.433. The molecule has 0 aliphatic heterocycles. The molecule has 1 nitrogen and oxygen atoms in total. The van der Waals surface area contributed by atoms with Gasteiger partial charge < -0.3 is 0 Å². The Morgan fingerprint density at radius 3 is 2.71 bits per heavy atom. The standard InChI is InChI=1S/C13H10BrClFN/c14-10(8-9-4-1-2-7-17-9)13-11(15)5-3-6-12(13)16/h1-7,10H,8H2. The summed E-state index contributed by atoms with van der Waals surface area (Å²) in [6.07, 6.45) is 2.32. The van der Waals surface area contributed by atoms with Gasteiger partial charge in [0.1, 0.15) is 5.82 Å². The summed E-state index contributed by atoms with van der Waals surface area (Å²) in [4.78, 5) is 4.03. The summed E-state index contributed by atoms with van der Waals surface area (Å²) in [6.45, 7) is 0. The Kier molecular flexibility index (Phi) is 4.13. The SMILES string of the molecule is Fc1cccc(Cl)c1C(Br)Cc1ccccn1. The van der Waals surface area contributed by atoms with E-state index in [1.807, 2.05) is 18.2 Å². The van der Waals surface area contributed by atoms with Crippen LogP contribution in [0.4, 0.5) is 4.39 Å². The van der Waals surface area contributed by atoms with Crippen LogP contribution in [0.15, 0.2) is 42.6 Å². The van der Waals surface area contributed by atoms with Crippen LogP contribution >= 0.6 is 27.5 Å². The van der Waals surface area contributed by atoms with Crippen LogP contribution in [0.5, 0.6) is 0 Å². The lowest BCUT2D eigenvalue weighted by molar-refractivity contribution is 0.607. The molecule has 4 heteroatoms. The van der Waals surface area contributed by atoms with Crippen LogP contribution in [0.3, 0.4) is 0 Å². The highest BCUT2D eigenvalue weighted by Crippen LogP contribution is 2.33. The summed E-state index contributed by atoms with van der Waals surface area (Å²) in [5.41, 5.74) is 1.38. The number of aromatic nitrogens is 1. The van der Waals surface area contributed by atoms with Gasteiger partial charge >= 0.3 is 0 Å². The monoisotopic (exact) mass is 313 g/mol. The summed E-state index contributed by atoms with van der Waals surface area (Å²) in [7, 11) is 0. The first-order chi connectivity index (χ1) is 8.18. The topological polar surface area (TPSA) is 12.9 Å². The summed E-state index contributed by atoms with van der Waals surface area (Å²) < 4.78 is 13.7. The van der Waals surface area contributed by atoms with E-state index in [0.717, 1.165) is 5.69 Å². The van der Waals surface area contributed by atoms with Crippen LogP contribution in [0.2, 0.25) is 5.02 Å². The predicted molar refractivity (Wildman–Crippen MR) is 71.0 cm³/mol. The minimum absolute atomic E-state index is 0.175. The fourth-order valence-corrected chi connectivity index (χ4v) is 2.84. The maximum atomic E-state index is 13.7. The molecule has 1 heterocycles. The summed E-state index contributed by atoms with van der Waals surface area (Å²) in [6, 6.07) is 10.4. The molecule has 0 radical (unpaired) electrons. The minimum atomic E-state index is -0.296. The molecule has 0 aliphatic rings. The van der Waals surface area contributed by atoms with Gasteiger partial charge in [0.25, 0.3) is 0 Å². The van der Waals surface area contributed by atoms with E-state index in [9.17, 15) is 4.39 Å². The van der Waals surface area contributed by atoms with Gasteiger partial charge in [-0.05, 0) is 24.3 Å². The highest BCUT2D eigenvalue weighted by atomic mass is 79.9. The van der Waals surface area contributed by atoms with Gasteiger partial charge in [-0.15, -0.1) is 0 Å². The molecule has 0 aliphatic carbocycles. The van der Waals surface area contributed by atoms with E-state index in [-0.39, 0.29) is 10.6 Å². The molecule has 2 rings (SSSR count). The number of benzene rings is 1. The highest BCUT2D eigenvalue weighted by molar-refractivity contribution is 9.09. The lowest BCUT2D eigenvalue weighted by Gasteiger charge is -2.12. The van der Waals surface area contributed by atoms with Crippen molar-refractivity contribution in [1.29, 1.82) is 0 Å². The van der Waals surface area contributed by atoms with E-state index in [4.69, 9.17) is 11.6 Å². The molecule has 0 fully saturated rings. The number of halogens is 3. The molecule has 0 spiro atoms. The average molecular weight is 315 g/mol. The Labute approximate surface area is 113 Å². The maximum Gasteiger partial charge on any atom is 0.129 e. The molecule has 0 amide bonds. The van der Waals surface area contributed by atoms with Crippen molar-refractivity contribution in [2.75, 3.05) is 0 Å². The van der Waals surface area contributed by atoms with Crippen LogP contribution < -0.4 is 0 Å². The average Bonchev–Trinajstić information content (AvgIpc) is 2.30. The second-order valence-electron chi connectivity index (χ2n) is 3.63. The number of hydrogen-bond donors (Lipinski definition) is 0. The first kappa shape index (κ1) is 12.5. The first-order valence-corrected chi connectivity index (χ1v) is 6.45. The van der Waals surface area contributed by atoms with E-state index in [1.165, 1.54) is 6.07 Å². The molecule has 1 unspecified atom stereocenters. The van der Waals surface area contributed by atoms with Crippen molar-refractivity contribution in [3.8, 4) is 0 Å². The lowest BCUT2D eigenvalue weighted by Crippen LogP contribution is -2.01. The number of alkyl halides is 1. The van der Waals surface area contributed by atoms with Gasteiger partial charge in [-0.25, -0.2) is 4.39 Å². The molecule has 0 bridgehead atoms. The van der Waals surface area contributed by atoms with Crippen molar-refractivity contribution in [2.45, 2.75) is 11.2 Å². The zero-order valence-corrected chi connectivity index (χ0v) is 11.2. The van der Waals surface area contributed by atoms with Gasteiger partial charge in [0.15, 0.2) is 0 Å². The van der Waals surface area contributed by atoms with Crippen molar-refractivity contribution in [2.24, 2.45) is 0 Å².